The van der Waals surface area contributed by atoms with Gasteiger partial charge in [-0.15, -0.1) is 11.3 Å². The first-order valence-corrected chi connectivity index (χ1v) is 6.89. The van der Waals surface area contributed by atoms with E-state index >= 15 is 0 Å². The number of carbonyl (C=O) groups excluding carboxylic acids is 1. The first-order chi connectivity index (χ1) is 9.15. The normalized spacial score (nSPS) is 11.1. The van der Waals surface area contributed by atoms with Crippen LogP contribution in [-0.4, -0.2) is 20.5 Å². The van der Waals surface area contributed by atoms with Gasteiger partial charge in [0.15, 0.2) is 5.78 Å². The van der Waals surface area contributed by atoms with Gasteiger partial charge >= 0.3 is 0 Å². The summed E-state index contributed by atoms with van der Waals surface area (Å²) in [5, 5.41) is 8.15. The molecular formula is C14H13N3OS. The zero-order valence-corrected chi connectivity index (χ0v) is 11.6. The number of carbonyl (C=O) groups is 1. The number of hydrogen-bond acceptors (Lipinski definition) is 4. The molecule has 2 heterocycles. The van der Waals surface area contributed by atoms with Gasteiger partial charge in [-0.1, -0.05) is 18.2 Å². The van der Waals surface area contributed by atoms with Crippen molar-refractivity contribution in [1.82, 2.24) is 14.8 Å². The molecule has 0 N–H and O–H groups in total. The lowest BCUT2D eigenvalue weighted by Gasteiger charge is -1.95. The molecule has 0 atom stereocenters. The van der Waals surface area contributed by atoms with E-state index in [0.29, 0.717) is 12.1 Å². The van der Waals surface area contributed by atoms with Crippen molar-refractivity contribution in [1.29, 1.82) is 0 Å². The van der Waals surface area contributed by atoms with E-state index in [1.54, 1.807) is 16.0 Å². The average molecular weight is 271 g/mol. The van der Waals surface area contributed by atoms with Crippen molar-refractivity contribution < 1.29 is 4.79 Å². The maximum Gasteiger partial charge on any atom is 0.189 e. The zero-order chi connectivity index (χ0) is 13.4. The summed E-state index contributed by atoms with van der Waals surface area (Å²) >= 11 is 1.56. The fraction of sp³-hybridized carbons (Fsp3) is 0.214. The Morgan fingerprint density at radius 1 is 1.37 bits per heavy atom. The van der Waals surface area contributed by atoms with Crippen LogP contribution in [0.1, 0.15) is 21.2 Å². The molecule has 0 fully saturated rings. The second-order valence-corrected chi connectivity index (χ2v) is 5.51. The van der Waals surface area contributed by atoms with E-state index in [9.17, 15) is 4.79 Å². The highest BCUT2D eigenvalue weighted by Crippen LogP contribution is 2.19. The molecule has 0 saturated heterocycles. The number of thiazole rings is 1. The van der Waals surface area contributed by atoms with Crippen molar-refractivity contribution >= 4 is 28.0 Å². The minimum absolute atomic E-state index is 0.0158. The van der Waals surface area contributed by atoms with Crippen LogP contribution in [0.15, 0.2) is 29.6 Å². The van der Waals surface area contributed by atoms with E-state index in [0.717, 1.165) is 21.6 Å². The Balaban J connectivity index is 1.98. The van der Waals surface area contributed by atoms with Crippen molar-refractivity contribution in [3.63, 3.8) is 0 Å². The van der Waals surface area contributed by atoms with Crippen molar-refractivity contribution in [2.24, 2.45) is 7.05 Å². The predicted molar refractivity (Wildman–Crippen MR) is 75.6 cm³/mol. The molecular weight excluding hydrogens is 258 g/mol. The SMILES string of the molecule is Cc1nc(CC(=O)c2nn(C)c3ccccc23)cs1. The van der Waals surface area contributed by atoms with Crippen molar-refractivity contribution in [2.45, 2.75) is 13.3 Å². The summed E-state index contributed by atoms with van der Waals surface area (Å²) < 4.78 is 1.74. The number of benzene rings is 1. The Labute approximate surface area is 114 Å². The molecule has 0 saturated carbocycles. The number of para-hydroxylation sites is 1. The third-order valence-corrected chi connectivity index (χ3v) is 3.85. The summed E-state index contributed by atoms with van der Waals surface area (Å²) in [6.45, 7) is 1.94. The van der Waals surface area contributed by atoms with Crippen LogP contribution in [0.4, 0.5) is 0 Å². The zero-order valence-electron chi connectivity index (χ0n) is 10.8. The first-order valence-electron chi connectivity index (χ1n) is 6.01. The smallest absolute Gasteiger partial charge is 0.189 e. The topological polar surface area (TPSA) is 47.8 Å². The molecule has 0 unspecified atom stereocenters. The third kappa shape index (κ3) is 2.17. The summed E-state index contributed by atoms with van der Waals surface area (Å²) in [7, 11) is 1.85. The number of aromatic nitrogens is 3. The van der Waals surface area contributed by atoms with Gasteiger partial charge in [0.1, 0.15) is 5.69 Å². The minimum Gasteiger partial charge on any atom is -0.292 e. The molecule has 3 rings (SSSR count). The standard InChI is InChI=1S/C14H13N3OS/c1-9-15-10(8-19-9)7-13(18)14-11-5-3-4-6-12(11)17(2)16-14/h3-6,8H,7H2,1-2H3. The van der Waals surface area contributed by atoms with Gasteiger partial charge in [0.25, 0.3) is 0 Å². The van der Waals surface area contributed by atoms with Gasteiger partial charge in [0.2, 0.25) is 0 Å². The molecule has 4 nitrogen and oxygen atoms in total. The maximum absolute atomic E-state index is 12.3. The summed E-state index contributed by atoms with van der Waals surface area (Å²) in [6, 6.07) is 7.77. The molecule has 0 amide bonds. The van der Waals surface area contributed by atoms with Gasteiger partial charge in [-0.2, -0.15) is 5.10 Å². The van der Waals surface area contributed by atoms with Crippen LogP contribution in [0.5, 0.6) is 0 Å². The molecule has 0 aliphatic carbocycles. The average Bonchev–Trinajstić information content (AvgIpc) is 2.95. The quantitative estimate of drug-likeness (QED) is 0.688. The molecule has 96 valence electrons. The van der Waals surface area contributed by atoms with Crippen LogP contribution < -0.4 is 0 Å². The lowest BCUT2D eigenvalue weighted by molar-refractivity contribution is 0.0988. The van der Waals surface area contributed by atoms with Gasteiger partial charge in [-0.25, -0.2) is 4.98 Å². The number of rotatable bonds is 3. The highest BCUT2D eigenvalue weighted by Gasteiger charge is 2.16. The highest BCUT2D eigenvalue weighted by molar-refractivity contribution is 7.09. The van der Waals surface area contributed by atoms with Crippen molar-refractivity contribution in [3.8, 4) is 0 Å². The Hall–Kier alpha value is -2.01. The lowest BCUT2D eigenvalue weighted by Crippen LogP contribution is -2.06. The van der Waals surface area contributed by atoms with Crippen LogP contribution in [0.25, 0.3) is 10.9 Å². The first kappa shape index (κ1) is 12.0. The Bertz CT molecular complexity index is 757. The lowest BCUT2D eigenvalue weighted by atomic mass is 10.1. The van der Waals surface area contributed by atoms with Crippen LogP contribution in [0.2, 0.25) is 0 Å². The van der Waals surface area contributed by atoms with Crippen LogP contribution in [-0.2, 0) is 13.5 Å². The van der Waals surface area contributed by atoms with Crippen molar-refractivity contribution in [2.75, 3.05) is 0 Å². The molecule has 19 heavy (non-hydrogen) atoms. The fourth-order valence-corrected chi connectivity index (χ4v) is 2.77. The largest absolute Gasteiger partial charge is 0.292 e. The second kappa shape index (κ2) is 4.59. The molecule has 1 aromatic carbocycles. The molecule has 0 aliphatic rings. The summed E-state index contributed by atoms with van der Waals surface area (Å²) in [5.41, 5.74) is 2.33. The second-order valence-electron chi connectivity index (χ2n) is 4.45. The number of Topliss-reactive ketones (excluding diaryl/α,β-unsaturated/α-hetero) is 1. The maximum atomic E-state index is 12.3. The Kier molecular flexibility index (Phi) is 2.91. The Morgan fingerprint density at radius 2 is 2.16 bits per heavy atom. The van der Waals surface area contributed by atoms with E-state index in [4.69, 9.17) is 0 Å². The summed E-state index contributed by atoms with van der Waals surface area (Å²) in [6.07, 6.45) is 0.311. The molecule has 5 heteroatoms. The van der Waals surface area contributed by atoms with Gasteiger partial charge in [-0.3, -0.25) is 9.48 Å². The molecule has 0 bridgehead atoms. The third-order valence-electron chi connectivity index (χ3n) is 3.03. The van der Waals surface area contributed by atoms with Crippen LogP contribution >= 0.6 is 11.3 Å². The van der Waals surface area contributed by atoms with Gasteiger partial charge < -0.3 is 0 Å². The highest BCUT2D eigenvalue weighted by atomic mass is 32.1. The predicted octanol–water partition coefficient (Wildman–Crippen LogP) is 2.76. The number of hydrogen-bond donors (Lipinski definition) is 0. The van der Waals surface area contributed by atoms with Gasteiger partial charge in [0.05, 0.1) is 22.6 Å². The molecule has 2 aromatic heterocycles. The molecule has 3 aromatic rings. The van der Waals surface area contributed by atoms with E-state index < -0.39 is 0 Å². The number of aryl methyl sites for hydroxylation is 2. The Morgan fingerprint density at radius 3 is 2.89 bits per heavy atom. The van der Waals surface area contributed by atoms with Gasteiger partial charge in [0, 0.05) is 17.8 Å². The molecule has 0 spiro atoms. The van der Waals surface area contributed by atoms with Crippen molar-refractivity contribution in [3.05, 3.63) is 46.0 Å². The van der Waals surface area contributed by atoms with E-state index in [-0.39, 0.29) is 5.78 Å². The number of nitrogens with zero attached hydrogens (tertiary/aromatic N) is 3. The minimum atomic E-state index is 0.0158. The van der Waals surface area contributed by atoms with Gasteiger partial charge in [-0.05, 0) is 13.0 Å². The van der Waals surface area contributed by atoms with E-state index in [1.165, 1.54) is 0 Å². The summed E-state index contributed by atoms with van der Waals surface area (Å²) in [5.74, 6) is 0.0158. The number of ketones is 1. The van der Waals surface area contributed by atoms with Crippen LogP contribution in [0, 0.1) is 6.92 Å². The summed E-state index contributed by atoms with van der Waals surface area (Å²) in [4.78, 5) is 16.7. The number of fused-ring (bicyclic) bond motifs is 1. The van der Waals surface area contributed by atoms with E-state index in [2.05, 4.69) is 10.1 Å². The van der Waals surface area contributed by atoms with Crippen LogP contribution in [0.3, 0.4) is 0 Å². The van der Waals surface area contributed by atoms with E-state index in [1.807, 2.05) is 43.6 Å². The molecule has 0 aliphatic heterocycles. The fourth-order valence-electron chi connectivity index (χ4n) is 2.16. The molecule has 0 radical (unpaired) electrons. The monoisotopic (exact) mass is 271 g/mol.